The van der Waals surface area contributed by atoms with Gasteiger partial charge in [0, 0.05) is 19.2 Å². The summed E-state index contributed by atoms with van der Waals surface area (Å²) in [6.07, 6.45) is 0. The van der Waals surface area contributed by atoms with Gasteiger partial charge in [0.1, 0.15) is 12.4 Å². The van der Waals surface area contributed by atoms with Crippen molar-refractivity contribution >= 4 is 15.9 Å². The van der Waals surface area contributed by atoms with Gasteiger partial charge in [-0.15, -0.1) is 0 Å². The number of aryl methyl sites for hydroxylation is 1. The SMILES string of the molecule is COc1cc(S(=O)(=O)N2CCOCC2)cc(C(=O)NCCOc2ccccc2C)c1OC. The lowest BCUT2D eigenvalue weighted by molar-refractivity contribution is 0.0730. The normalized spacial score (nSPS) is 14.6. The van der Waals surface area contributed by atoms with E-state index in [-0.39, 0.29) is 48.2 Å². The van der Waals surface area contributed by atoms with E-state index in [4.69, 9.17) is 18.9 Å². The Bertz CT molecular complexity index is 1050. The van der Waals surface area contributed by atoms with Crippen LogP contribution < -0.4 is 19.5 Å². The lowest BCUT2D eigenvalue weighted by Crippen LogP contribution is -2.40. The average molecular weight is 465 g/mol. The van der Waals surface area contributed by atoms with Gasteiger partial charge >= 0.3 is 0 Å². The van der Waals surface area contributed by atoms with Crippen molar-refractivity contribution in [3.05, 3.63) is 47.5 Å². The standard InChI is InChI=1S/C22H28N2O7S/c1-16-6-4-5-7-19(16)31-11-8-23-22(25)18-14-17(15-20(28-2)21(18)29-3)32(26,27)24-9-12-30-13-10-24/h4-7,14-15H,8-13H2,1-3H3,(H,23,25). The number of benzene rings is 2. The Morgan fingerprint density at radius 2 is 1.81 bits per heavy atom. The zero-order chi connectivity index (χ0) is 23.1. The summed E-state index contributed by atoms with van der Waals surface area (Å²) in [6, 6.07) is 10.3. The number of para-hydroxylation sites is 1. The first kappa shape index (κ1) is 23.8. The van der Waals surface area contributed by atoms with E-state index in [9.17, 15) is 13.2 Å². The second-order valence-corrected chi connectivity index (χ2v) is 9.03. The van der Waals surface area contributed by atoms with Crippen LogP contribution in [0.4, 0.5) is 0 Å². The molecular formula is C22H28N2O7S. The highest BCUT2D eigenvalue weighted by Crippen LogP contribution is 2.35. The van der Waals surface area contributed by atoms with Crippen molar-refractivity contribution < 1.29 is 32.2 Å². The Morgan fingerprint density at radius 3 is 2.47 bits per heavy atom. The maximum absolute atomic E-state index is 13.1. The van der Waals surface area contributed by atoms with Crippen LogP contribution in [0.2, 0.25) is 0 Å². The molecule has 0 spiro atoms. The number of sulfonamides is 1. The van der Waals surface area contributed by atoms with Gasteiger partial charge in [-0.05, 0) is 24.6 Å². The van der Waals surface area contributed by atoms with Crippen molar-refractivity contribution in [2.45, 2.75) is 11.8 Å². The predicted molar refractivity (Wildman–Crippen MR) is 118 cm³/mol. The number of rotatable bonds is 9. The molecular weight excluding hydrogens is 436 g/mol. The molecule has 1 N–H and O–H groups in total. The molecule has 2 aromatic carbocycles. The number of nitrogens with one attached hydrogen (secondary N) is 1. The van der Waals surface area contributed by atoms with Crippen molar-refractivity contribution in [2.75, 3.05) is 53.7 Å². The Balaban J connectivity index is 1.78. The molecule has 1 heterocycles. The molecule has 0 radical (unpaired) electrons. The first-order chi connectivity index (χ1) is 15.4. The molecule has 0 unspecified atom stereocenters. The maximum Gasteiger partial charge on any atom is 0.255 e. The summed E-state index contributed by atoms with van der Waals surface area (Å²) in [5.41, 5.74) is 1.06. The van der Waals surface area contributed by atoms with Crippen molar-refractivity contribution in [3.63, 3.8) is 0 Å². The van der Waals surface area contributed by atoms with Gasteiger partial charge in [0.25, 0.3) is 5.91 Å². The second kappa shape index (κ2) is 10.7. The number of morpholine rings is 1. The fourth-order valence-electron chi connectivity index (χ4n) is 3.33. The molecule has 9 nitrogen and oxygen atoms in total. The molecule has 0 bridgehead atoms. The van der Waals surface area contributed by atoms with E-state index in [0.717, 1.165) is 11.3 Å². The quantitative estimate of drug-likeness (QED) is 0.565. The summed E-state index contributed by atoms with van der Waals surface area (Å²) in [4.78, 5) is 12.9. The van der Waals surface area contributed by atoms with Gasteiger partial charge in [-0.3, -0.25) is 4.79 Å². The molecule has 0 aliphatic carbocycles. The summed E-state index contributed by atoms with van der Waals surface area (Å²) >= 11 is 0. The fraction of sp³-hybridized carbons (Fsp3) is 0.409. The third-order valence-corrected chi connectivity index (χ3v) is 6.92. The molecule has 0 saturated carbocycles. The lowest BCUT2D eigenvalue weighted by Gasteiger charge is -2.26. The highest BCUT2D eigenvalue weighted by molar-refractivity contribution is 7.89. The third-order valence-electron chi connectivity index (χ3n) is 5.04. The topological polar surface area (TPSA) is 103 Å². The van der Waals surface area contributed by atoms with E-state index in [1.165, 1.54) is 30.7 Å². The first-order valence-electron chi connectivity index (χ1n) is 10.2. The molecule has 3 rings (SSSR count). The van der Waals surface area contributed by atoms with Gasteiger partial charge in [-0.25, -0.2) is 8.42 Å². The minimum Gasteiger partial charge on any atom is -0.493 e. The van der Waals surface area contributed by atoms with E-state index in [1.807, 2.05) is 31.2 Å². The van der Waals surface area contributed by atoms with Crippen LogP contribution >= 0.6 is 0 Å². The van der Waals surface area contributed by atoms with Crippen LogP contribution in [-0.2, 0) is 14.8 Å². The highest BCUT2D eigenvalue weighted by atomic mass is 32.2. The monoisotopic (exact) mass is 464 g/mol. The fourth-order valence-corrected chi connectivity index (χ4v) is 4.78. The van der Waals surface area contributed by atoms with Crippen LogP contribution in [0, 0.1) is 6.92 Å². The zero-order valence-corrected chi connectivity index (χ0v) is 19.2. The highest BCUT2D eigenvalue weighted by Gasteiger charge is 2.30. The number of hydrogen-bond donors (Lipinski definition) is 1. The lowest BCUT2D eigenvalue weighted by atomic mass is 10.1. The van der Waals surface area contributed by atoms with E-state index >= 15 is 0 Å². The van der Waals surface area contributed by atoms with Crippen LogP contribution in [0.3, 0.4) is 0 Å². The molecule has 0 aromatic heterocycles. The smallest absolute Gasteiger partial charge is 0.255 e. The van der Waals surface area contributed by atoms with Crippen molar-refractivity contribution in [2.24, 2.45) is 0 Å². The molecule has 1 saturated heterocycles. The number of methoxy groups -OCH3 is 2. The molecule has 1 fully saturated rings. The maximum atomic E-state index is 13.1. The van der Waals surface area contributed by atoms with Gasteiger partial charge in [0.15, 0.2) is 11.5 Å². The van der Waals surface area contributed by atoms with Gasteiger partial charge < -0.3 is 24.3 Å². The van der Waals surface area contributed by atoms with Crippen molar-refractivity contribution in [3.8, 4) is 17.2 Å². The minimum atomic E-state index is -3.83. The Hall–Kier alpha value is -2.82. The number of ether oxygens (including phenoxy) is 4. The van der Waals surface area contributed by atoms with Gasteiger partial charge in [-0.2, -0.15) is 4.31 Å². The van der Waals surface area contributed by atoms with E-state index < -0.39 is 15.9 Å². The Labute approximate surface area is 188 Å². The zero-order valence-electron chi connectivity index (χ0n) is 18.4. The summed E-state index contributed by atoms with van der Waals surface area (Å²) < 4.78 is 49.1. The van der Waals surface area contributed by atoms with Crippen molar-refractivity contribution in [1.82, 2.24) is 9.62 Å². The molecule has 174 valence electrons. The Kier molecular flexibility index (Phi) is 7.94. The second-order valence-electron chi connectivity index (χ2n) is 7.09. The van der Waals surface area contributed by atoms with Gasteiger partial charge in [-0.1, -0.05) is 18.2 Å². The number of nitrogens with zero attached hydrogens (tertiary/aromatic N) is 1. The Morgan fingerprint density at radius 1 is 1.09 bits per heavy atom. The van der Waals surface area contributed by atoms with Crippen molar-refractivity contribution in [1.29, 1.82) is 0 Å². The number of carbonyl (C=O) groups is 1. The molecule has 2 aromatic rings. The van der Waals surface area contributed by atoms with Gasteiger partial charge in [0.05, 0.1) is 44.4 Å². The van der Waals surface area contributed by atoms with Crippen LogP contribution in [0.15, 0.2) is 41.3 Å². The summed E-state index contributed by atoms with van der Waals surface area (Å²) in [5, 5.41) is 2.74. The van der Waals surface area contributed by atoms with Gasteiger partial charge in [0.2, 0.25) is 10.0 Å². The van der Waals surface area contributed by atoms with Crippen LogP contribution in [-0.4, -0.2) is 72.3 Å². The first-order valence-corrected chi connectivity index (χ1v) is 11.6. The predicted octanol–water partition coefficient (Wildman–Crippen LogP) is 1.84. The van der Waals surface area contributed by atoms with E-state index in [1.54, 1.807) is 0 Å². The largest absolute Gasteiger partial charge is 0.493 e. The summed E-state index contributed by atoms with van der Waals surface area (Å²) in [5.74, 6) is 0.557. The number of amides is 1. The van der Waals surface area contributed by atoms with Crippen LogP contribution in [0.25, 0.3) is 0 Å². The molecule has 1 amide bonds. The average Bonchev–Trinajstić information content (AvgIpc) is 2.82. The third kappa shape index (κ3) is 5.32. The van der Waals surface area contributed by atoms with E-state index in [0.29, 0.717) is 13.2 Å². The molecule has 0 atom stereocenters. The number of hydrogen-bond acceptors (Lipinski definition) is 7. The summed E-state index contributed by atoms with van der Waals surface area (Å²) in [6.45, 7) is 3.54. The summed E-state index contributed by atoms with van der Waals surface area (Å²) in [7, 11) is -1.04. The molecule has 10 heteroatoms. The number of carbonyl (C=O) groups excluding carboxylic acids is 1. The minimum absolute atomic E-state index is 0.0432. The molecule has 1 aliphatic rings. The molecule has 32 heavy (non-hydrogen) atoms. The molecule has 1 aliphatic heterocycles. The van der Waals surface area contributed by atoms with Crippen LogP contribution in [0.5, 0.6) is 17.2 Å². The van der Waals surface area contributed by atoms with Crippen LogP contribution in [0.1, 0.15) is 15.9 Å². The van der Waals surface area contributed by atoms with E-state index in [2.05, 4.69) is 5.32 Å².